The maximum Gasteiger partial charge on any atom is 0.422 e. The number of benzene rings is 3. The first kappa shape index (κ1) is 32.7. The van der Waals surface area contributed by atoms with Crippen molar-refractivity contribution in [1.82, 2.24) is 20.0 Å². The highest BCUT2D eigenvalue weighted by atomic mass is 32.2. The van der Waals surface area contributed by atoms with Crippen LogP contribution >= 0.6 is 0 Å². The fourth-order valence-corrected chi connectivity index (χ4v) is 4.83. The standard InChI is InChI=1S/C30H32FN5O8S/c1-30(2,3)44-29(39)36-45(40,41)35-20-10-8-18(9-11-20)14-15-43-25-22(31)12-13-23-24(25)27(37)34-26(33-23)28(38)32-17-19-6-5-7-21(16-19)42-4/h5-13,16,35H,14-15,17H2,1-4H3,(H,32,38)(H,36,39)(H,33,34,37). The fraction of sp³-hybridized carbons (Fsp3) is 0.267. The predicted octanol–water partition coefficient (Wildman–Crippen LogP) is 3.80. The summed E-state index contributed by atoms with van der Waals surface area (Å²) in [6.45, 7) is 4.92. The average Bonchev–Trinajstić information content (AvgIpc) is 2.96. The molecule has 0 unspecified atom stereocenters. The van der Waals surface area contributed by atoms with Gasteiger partial charge in [0.05, 0.1) is 24.9 Å². The van der Waals surface area contributed by atoms with Gasteiger partial charge in [0.25, 0.3) is 11.5 Å². The van der Waals surface area contributed by atoms with E-state index in [0.717, 1.165) is 11.6 Å². The highest BCUT2D eigenvalue weighted by Crippen LogP contribution is 2.25. The molecule has 2 amide bonds. The number of ether oxygens (including phenoxy) is 3. The van der Waals surface area contributed by atoms with E-state index in [1.165, 1.54) is 25.3 Å². The van der Waals surface area contributed by atoms with Crippen molar-refractivity contribution in [2.24, 2.45) is 0 Å². The average molecular weight is 642 g/mol. The molecule has 0 radical (unpaired) electrons. The topological polar surface area (TPSA) is 178 Å². The number of amides is 2. The van der Waals surface area contributed by atoms with Gasteiger partial charge in [0.1, 0.15) is 16.7 Å². The molecule has 0 aliphatic carbocycles. The lowest BCUT2D eigenvalue weighted by atomic mass is 10.1. The van der Waals surface area contributed by atoms with E-state index >= 15 is 0 Å². The van der Waals surface area contributed by atoms with Crippen LogP contribution in [0.25, 0.3) is 10.9 Å². The number of nitrogens with zero attached hydrogens (tertiary/aromatic N) is 1. The number of aromatic nitrogens is 2. The SMILES string of the molecule is COc1cccc(CNC(=O)c2nc3ccc(F)c(OCCc4ccc(NS(=O)(=O)NC(=O)OC(C)(C)C)cc4)c3c(=O)[nH]2)c1. The Hall–Kier alpha value is -5.18. The van der Waals surface area contributed by atoms with Crippen LogP contribution in [-0.2, 0) is 27.9 Å². The van der Waals surface area contributed by atoms with Crippen LogP contribution in [0.3, 0.4) is 0 Å². The second-order valence-electron chi connectivity index (χ2n) is 10.7. The number of nitrogens with one attached hydrogen (secondary N) is 4. The van der Waals surface area contributed by atoms with Crippen LogP contribution in [0.2, 0.25) is 0 Å². The van der Waals surface area contributed by atoms with E-state index in [9.17, 15) is 27.2 Å². The third kappa shape index (κ3) is 9.15. The molecule has 0 aliphatic rings. The minimum Gasteiger partial charge on any atom is -0.497 e. The molecule has 3 aromatic carbocycles. The van der Waals surface area contributed by atoms with E-state index in [0.29, 0.717) is 11.3 Å². The molecule has 0 bridgehead atoms. The Bertz CT molecular complexity index is 1870. The summed E-state index contributed by atoms with van der Waals surface area (Å²) in [7, 11) is -2.71. The molecule has 238 valence electrons. The lowest BCUT2D eigenvalue weighted by Crippen LogP contribution is -2.39. The molecule has 4 aromatic rings. The molecular formula is C30H32FN5O8S. The smallest absolute Gasteiger partial charge is 0.422 e. The number of carbonyl (C=O) groups excluding carboxylic acids is 2. The van der Waals surface area contributed by atoms with E-state index in [4.69, 9.17) is 14.2 Å². The molecule has 4 rings (SSSR count). The van der Waals surface area contributed by atoms with Crippen LogP contribution in [-0.4, -0.2) is 49.7 Å². The third-order valence-electron chi connectivity index (χ3n) is 6.04. The largest absolute Gasteiger partial charge is 0.497 e. The van der Waals surface area contributed by atoms with Crippen molar-refractivity contribution in [3.05, 3.63) is 93.8 Å². The molecular weight excluding hydrogens is 609 g/mol. The van der Waals surface area contributed by atoms with Crippen LogP contribution in [0, 0.1) is 5.82 Å². The first-order valence-corrected chi connectivity index (χ1v) is 15.1. The Balaban J connectivity index is 1.38. The maximum atomic E-state index is 14.7. The van der Waals surface area contributed by atoms with Crippen molar-refractivity contribution in [1.29, 1.82) is 0 Å². The Kier molecular flexibility index (Phi) is 9.91. The number of carbonyl (C=O) groups is 2. The normalized spacial score (nSPS) is 11.5. The van der Waals surface area contributed by atoms with Gasteiger partial charge in [-0.05, 0) is 68.3 Å². The highest BCUT2D eigenvalue weighted by molar-refractivity contribution is 7.91. The molecule has 0 atom stereocenters. The molecule has 0 saturated carbocycles. The molecule has 0 saturated heterocycles. The summed E-state index contributed by atoms with van der Waals surface area (Å²) in [5.41, 5.74) is 0.100. The zero-order valence-corrected chi connectivity index (χ0v) is 25.7. The second-order valence-corrected chi connectivity index (χ2v) is 12.1. The van der Waals surface area contributed by atoms with Crippen molar-refractivity contribution >= 4 is 38.8 Å². The predicted molar refractivity (Wildman–Crippen MR) is 164 cm³/mol. The quantitative estimate of drug-likeness (QED) is 0.190. The van der Waals surface area contributed by atoms with Gasteiger partial charge in [-0.3, -0.25) is 14.3 Å². The molecule has 0 aliphatic heterocycles. The molecule has 45 heavy (non-hydrogen) atoms. The Morgan fingerprint density at radius 3 is 2.44 bits per heavy atom. The molecule has 15 heteroatoms. The summed E-state index contributed by atoms with van der Waals surface area (Å²) in [4.78, 5) is 44.0. The third-order valence-corrected chi connectivity index (χ3v) is 6.98. The first-order chi connectivity index (χ1) is 21.2. The maximum absolute atomic E-state index is 14.7. The van der Waals surface area contributed by atoms with Crippen LogP contribution in [0.1, 0.15) is 42.5 Å². The minimum atomic E-state index is -4.24. The number of rotatable bonds is 11. The molecule has 13 nitrogen and oxygen atoms in total. The van der Waals surface area contributed by atoms with Gasteiger partial charge < -0.3 is 24.5 Å². The van der Waals surface area contributed by atoms with Crippen LogP contribution in [0.5, 0.6) is 11.5 Å². The number of anilines is 1. The van der Waals surface area contributed by atoms with Crippen LogP contribution in [0.15, 0.2) is 65.5 Å². The van der Waals surface area contributed by atoms with Gasteiger partial charge in [0, 0.05) is 13.0 Å². The summed E-state index contributed by atoms with van der Waals surface area (Å²) < 4.78 is 58.9. The van der Waals surface area contributed by atoms with Gasteiger partial charge in [-0.15, -0.1) is 0 Å². The van der Waals surface area contributed by atoms with E-state index in [-0.39, 0.29) is 47.7 Å². The number of H-pyrrole nitrogens is 1. The zero-order chi connectivity index (χ0) is 32.8. The van der Waals surface area contributed by atoms with E-state index in [1.54, 1.807) is 61.9 Å². The van der Waals surface area contributed by atoms with Gasteiger partial charge in [-0.2, -0.15) is 8.42 Å². The van der Waals surface area contributed by atoms with Gasteiger partial charge in [0.2, 0.25) is 0 Å². The Morgan fingerprint density at radius 2 is 1.76 bits per heavy atom. The monoisotopic (exact) mass is 641 g/mol. The van der Waals surface area contributed by atoms with Gasteiger partial charge >= 0.3 is 16.3 Å². The number of hydrogen-bond acceptors (Lipinski definition) is 9. The number of halogens is 1. The molecule has 4 N–H and O–H groups in total. The highest BCUT2D eigenvalue weighted by Gasteiger charge is 2.21. The number of hydrogen-bond donors (Lipinski definition) is 4. The first-order valence-electron chi connectivity index (χ1n) is 13.6. The second kappa shape index (κ2) is 13.6. The van der Waals surface area contributed by atoms with E-state index in [1.807, 2.05) is 0 Å². The lowest BCUT2D eigenvalue weighted by molar-refractivity contribution is 0.0570. The van der Waals surface area contributed by atoms with Crippen molar-refractivity contribution < 1.29 is 36.6 Å². The van der Waals surface area contributed by atoms with Crippen molar-refractivity contribution in [3.63, 3.8) is 0 Å². The number of methoxy groups -OCH3 is 1. The Labute approximate surface area is 258 Å². The molecule has 1 heterocycles. The minimum absolute atomic E-state index is 0.0382. The van der Waals surface area contributed by atoms with Crippen molar-refractivity contribution in [3.8, 4) is 11.5 Å². The number of fused-ring (bicyclic) bond motifs is 1. The summed E-state index contributed by atoms with van der Waals surface area (Å²) in [6.07, 6.45) is -0.850. The van der Waals surface area contributed by atoms with Gasteiger partial charge in [-0.1, -0.05) is 24.3 Å². The van der Waals surface area contributed by atoms with Crippen molar-refractivity contribution in [2.45, 2.75) is 39.3 Å². The van der Waals surface area contributed by atoms with Gasteiger partial charge in [0.15, 0.2) is 17.4 Å². The zero-order valence-electron chi connectivity index (χ0n) is 24.9. The molecule has 1 aromatic heterocycles. The molecule has 0 fully saturated rings. The van der Waals surface area contributed by atoms with Gasteiger partial charge in [-0.25, -0.2) is 18.9 Å². The van der Waals surface area contributed by atoms with E-state index in [2.05, 4.69) is 20.0 Å². The lowest BCUT2D eigenvalue weighted by Gasteiger charge is -2.19. The fourth-order valence-electron chi connectivity index (χ4n) is 4.07. The summed E-state index contributed by atoms with van der Waals surface area (Å²) in [5.74, 6) is -1.35. The Morgan fingerprint density at radius 1 is 1.02 bits per heavy atom. The summed E-state index contributed by atoms with van der Waals surface area (Å²) in [6, 6.07) is 15.6. The number of aromatic amines is 1. The van der Waals surface area contributed by atoms with Crippen LogP contribution < -0.4 is 29.8 Å². The molecule has 0 spiro atoms. The summed E-state index contributed by atoms with van der Waals surface area (Å²) in [5, 5.41) is 2.52. The van der Waals surface area contributed by atoms with Crippen LogP contribution in [0.4, 0.5) is 14.9 Å². The van der Waals surface area contributed by atoms with E-state index < -0.39 is 39.2 Å². The summed E-state index contributed by atoms with van der Waals surface area (Å²) >= 11 is 0. The van der Waals surface area contributed by atoms with Crippen molar-refractivity contribution in [2.75, 3.05) is 18.4 Å².